The number of hydrogen-bond acceptors (Lipinski definition) is 3. The summed E-state index contributed by atoms with van der Waals surface area (Å²) in [6.45, 7) is 9.69. The highest BCUT2D eigenvalue weighted by Gasteiger charge is 2.66. The van der Waals surface area contributed by atoms with Gasteiger partial charge in [-0.15, -0.1) is 0 Å². The molecule has 1 heterocycles. The number of rotatable bonds is 3. The maximum absolute atomic E-state index is 12.8. The number of hydrogen-bond donors (Lipinski definition) is 0. The SMILES string of the molecule is CO[C@@]12OC[C@@H]3[C@@H](/C=C/[Si](C)(C)C)[C@@H](C=C(C)[C@@H]31)C2=O. The minimum atomic E-state index is -1.25. The van der Waals surface area contributed by atoms with Crippen LogP contribution in [-0.4, -0.2) is 33.4 Å². The summed E-state index contributed by atoms with van der Waals surface area (Å²) in [6, 6.07) is 0. The Morgan fingerprint density at radius 1 is 1.45 bits per heavy atom. The van der Waals surface area contributed by atoms with E-state index in [0.29, 0.717) is 12.5 Å². The third kappa shape index (κ3) is 1.81. The quantitative estimate of drug-likeness (QED) is 0.593. The Labute approximate surface area is 122 Å². The van der Waals surface area contributed by atoms with E-state index < -0.39 is 13.9 Å². The van der Waals surface area contributed by atoms with Gasteiger partial charge in [0.15, 0.2) is 5.78 Å². The van der Waals surface area contributed by atoms with Crippen LogP contribution >= 0.6 is 0 Å². The van der Waals surface area contributed by atoms with Crippen LogP contribution in [0, 0.1) is 23.7 Å². The van der Waals surface area contributed by atoms with E-state index in [-0.39, 0.29) is 23.5 Å². The molecule has 4 rings (SSSR count). The van der Waals surface area contributed by atoms with Gasteiger partial charge < -0.3 is 9.47 Å². The van der Waals surface area contributed by atoms with Gasteiger partial charge in [0.25, 0.3) is 0 Å². The van der Waals surface area contributed by atoms with Crippen molar-refractivity contribution in [1.29, 1.82) is 0 Å². The number of carbonyl (C=O) groups is 1. The molecule has 0 N–H and O–H groups in total. The van der Waals surface area contributed by atoms with Crippen LogP contribution in [0.5, 0.6) is 0 Å². The average molecular weight is 292 g/mol. The molecule has 5 atom stereocenters. The summed E-state index contributed by atoms with van der Waals surface area (Å²) in [5, 5.41) is 0. The number of ether oxygens (including phenoxy) is 2. The van der Waals surface area contributed by atoms with E-state index in [1.165, 1.54) is 5.57 Å². The number of ketones is 1. The zero-order valence-electron chi connectivity index (χ0n) is 13.0. The van der Waals surface area contributed by atoms with Gasteiger partial charge in [-0.25, -0.2) is 0 Å². The van der Waals surface area contributed by atoms with Gasteiger partial charge in [0.05, 0.1) is 14.7 Å². The van der Waals surface area contributed by atoms with Crippen molar-refractivity contribution in [1.82, 2.24) is 0 Å². The molecular formula is C16H24O3Si. The second-order valence-electron chi connectivity index (χ2n) is 7.43. The minimum Gasteiger partial charge on any atom is -0.346 e. The Hall–Kier alpha value is -0.713. The van der Waals surface area contributed by atoms with Gasteiger partial charge in [-0.05, 0) is 12.8 Å². The van der Waals surface area contributed by atoms with Gasteiger partial charge in [-0.1, -0.05) is 43.1 Å². The van der Waals surface area contributed by atoms with E-state index in [2.05, 4.69) is 44.4 Å². The van der Waals surface area contributed by atoms with Crippen molar-refractivity contribution in [2.45, 2.75) is 32.4 Å². The summed E-state index contributed by atoms with van der Waals surface area (Å²) in [4.78, 5) is 12.8. The van der Waals surface area contributed by atoms with Gasteiger partial charge in [0, 0.05) is 24.9 Å². The molecule has 1 aliphatic heterocycles. The molecule has 20 heavy (non-hydrogen) atoms. The highest BCUT2D eigenvalue weighted by molar-refractivity contribution is 6.80. The molecule has 0 spiro atoms. The molecule has 0 aromatic carbocycles. The zero-order chi connectivity index (χ0) is 14.7. The van der Waals surface area contributed by atoms with Crippen molar-refractivity contribution in [3.63, 3.8) is 0 Å². The maximum atomic E-state index is 12.8. The summed E-state index contributed by atoms with van der Waals surface area (Å²) >= 11 is 0. The zero-order valence-corrected chi connectivity index (χ0v) is 14.0. The second kappa shape index (κ2) is 4.39. The molecule has 0 unspecified atom stereocenters. The molecule has 2 fully saturated rings. The highest BCUT2D eigenvalue weighted by atomic mass is 28.3. The molecular weight excluding hydrogens is 268 g/mol. The molecule has 0 radical (unpaired) electrons. The average Bonchev–Trinajstić information content (AvgIpc) is 2.72. The lowest BCUT2D eigenvalue weighted by Gasteiger charge is -2.47. The normalized spacial score (nSPS) is 43.5. The van der Waals surface area contributed by atoms with E-state index in [1.807, 2.05) is 0 Å². The first-order chi connectivity index (χ1) is 9.30. The van der Waals surface area contributed by atoms with Crippen molar-refractivity contribution < 1.29 is 14.3 Å². The summed E-state index contributed by atoms with van der Waals surface area (Å²) in [5.74, 6) is -0.169. The maximum Gasteiger partial charge on any atom is 0.236 e. The van der Waals surface area contributed by atoms with Gasteiger partial charge in [0.2, 0.25) is 5.79 Å². The van der Waals surface area contributed by atoms with Crippen LogP contribution in [0.2, 0.25) is 19.6 Å². The van der Waals surface area contributed by atoms with Crippen LogP contribution in [0.3, 0.4) is 0 Å². The Morgan fingerprint density at radius 2 is 2.15 bits per heavy atom. The summed E-state index contributed by atoms with van der Waals surface area (Å²) < 4.78 is 11.4. The predicted octanol–water partition coefficient (Wildman–Crippen LogP) is 2.80. The van der Waals surface area contributed by atoms with Crippen LogP contribution in [-0.2, 0) is 14.3 Å². The van der Waals surface area contributed by atoms with Gasteiger partial charge in [-0.3, -0.25) is 4.79 Å². The molecule has 1 saturated heterocycles. The minimum absolute atomic E-state index is 0.0694. The van der Waals surface area contributed by atoms with Gasteiger partial charge in [0.1, 0.15) is 0 Å². The van der Waals surface area contributed by atoms with Crippen molar-refractivity contribution in [2.24, 2.45) is 23.7 Å². The Kier molecular flexibility index (Phi) is 3.12. The molecule has 110 valence electrons. The third-order valence-corrected chi connectivity index (χ3v) is 6.13. The molecule has 0 aromatic heterocycles. The smallest absolute Gasteiger partial charge is 0.236 e. The van der Waals surface area contributed by atoms with Crippen LogP contribution in [0.4, 0.5) is 0 Å². The third-order valence-electron chi connectivity index (χ3n) is 4.94. The van der Waals surface area contributed by atoms with E-state index in [9.17, 15) is 4.79 Å². The second-order valence-corrected chi connectivity index (χ2v) is 12.5. The molecule has 4 aliphatic rings. The largest absolute Gasteiger partial charge is 0.346 e. The lowest BCUT2D eigenvalue weighted by atomic mass is 9.58. The summed E-state index contributed by atoms with van der Waals surface area (Å²) in [5.41, 5.74) is 3.62. The predicted molar refractivity (Wildman–Crippen MR) is 80.9 cm³/mol. The van der Waals surface area contributed by atoms with Crippen molar-refractivity contribution in [3.05, 3.63) is 23.4 Å². The summed E-state index contributed by atoms with van der Waals surface area (Å²) in [7, 11) is 0.350. The number of allylic oxidation sites excluding steroid dienone is 2. The van der Waals surface area contributed by atoms with E-state index in [0.717, 1.165) is 0 Å². The van der Waals surface area contributed by atoms with Gasteiger partial charge in [-0.2, -0.15) is 0 Å². The van der Waals surface area contributed by atoms with E-state index in [1.54, 1.807) is 7.11 Å². The molecule has 3 aliphatic carbocycles. The lowest BCUT2D eigenvalue weighted by molar-refractivity contribution is -0.217. The van der Waals surface area contributed by atoms with Crippen LogP contribution in [0.1, 0.15) is 6.92 Å². The van der Waals surface area contributed by atoms with Crippen LogP contribution in [0.15, 0.2) is 23.4 Å². The van der Waals surface area contributed by atoms with Crippen LogP contribution < -0.4 is 0 Å². The molecule has 1 saturated carbocycles. The van der Waals surface area contributed by atoms with Crippen molar-refractivity contribution in [2.75, 3.05) is 13.7 Å². The lowest BCUT2D eigenvalue weighted by Crippen LogP contribution is -2.58. The molecule has 3 nitrogen and oxygen atoms in total. The Bertz CT molecular complexity index is 502. The number of methoxy groups -OCH3 is 1. The number of Topliss-reactive ketones (excluding diaryl/α,β-unsaturated/α-hetero) is 1. The fraction of sp³-hybridized carbons (Fsp3) is 0.688. The van der Waals surface area contributed by atoms with Gasteiger partial charge >= 0.3 is 0 Å². The standard InChI is InChI=1S/C16H24O3Si/c1-10-8-12-11(6-7-20(3,4)5)13-9-19-16(18-2,14(10)13)15(12)17/h6-8,11-14H,9H2,1-5H3/b7-6+/t11-,12+,13+,14-,16+/m0/s1. The van der Waals surface area contributed by atoms with Crippen LogP contribution in [0.25, 0.3) is 0 Å². The Balaban J connectivity index is 2.00. The summed E-state index contributed by atoms with van der Waals surface area (Å²) in [6.07, 6.45) is 4.44. The number of carbonyl (C=O) groups excluding carboxylic acids is 1. The van der Waals surface area contributed by atoms with E-state index in [4.69, 9.17) is 9.47 Å². The fourth-order valence-electron chi connectivity index (χ4n) is 4.08. The monoisotopic (exact) mass is 292 g/mol. The first-order valence-corrected chi connectivity index (χ1v) is 11.0. The fourth-order valence-corrected chi connectivity index (χ4v) is 4.88. The topological polar surface area (TPSA) is 35.5 Å². The van der Waals surface area contributed by atoms with Crippen molar-refractivity contribution >= 4 is 13.9 Å². The first-order valence-electron chi connectivity index (χ1n) is 7.41. The molecule has 4 bridgehead atoms. The highest BCUT2D eigenvalue weighted by Crippen LogP contribution is 2.57. The van der Waals surface area contributed by atoms with Crippen molar-refractivity contribution in [3.8, 4) is 0 Å². The molecule has 0 amide bonds. The molecule has 0 aromatic rings. The van der Waals surface area contributed by atoms with E-state index >= 15 is 0 Å². The molecule has 4 heteroatoms. The first kappa shape index (κ1) is 14.2. The Morgan fingerprint density at radius 3 is 2.75 bits per heavy atom.